The van der Waals surface area contributed by atoms with Crippen molar-refractivity contribution in [1.29, 1.82) is 0 Å². The lowest BCUT2D eigenvalue weighted by Crippen LogP contribution is -2.48. The molecule has 1 aromatic heterocycles. The summed E-state index contributed by atoms with van der Waals surface area (Å²) < 4.78 is 16.5. The monoisotopic (exact) mass is 378 g/mol. The summed E-state index contributed by atoms with van der Waals surface area (Å²) in [7, 11) is 3.25. The summed E-state index contributed by atoms with van der Waals surface area (Å²) in [4.78, 5) is 27.8. The molecule has 2 fully saturated rings. The van der Waals surface area contributed by atoms with Crippen LogP contribution >= 0.6 is 11.6 Å². The molecular weight excluding hydrogens is 360 g/mol. The molecule has 0 aliphatic carbocycles. The molecule has 0 atom stereocenters. The Balaban J connectivity index is 1.52. The zero-order valence-corrected chi connectivity index (χ0v) is 15.3. The van der Waals surface area contributed by atoms with Gasteiger partial charge in [0.2, 0.25) is 0 Å². The van der Waals surface area contributed by atoms with Gasteiger partial charge < -0.3 is 23.7 Å². The van der Waals surface area contributed by atoms with Gasteiger partial charge in [-0.25, -0.2) is 4.79 Å². The van der Waals surface area contributed by atoms with Gasteiger partial charge in [0.25, 0.3) is 5.91 Å². The Morgan fingerprint density at radius 2 is 2.00 bits per heavy atom. The number of hydrogen-bond acceptors (Lipinski definition) is 5. The fourth-order valence-electron chi connectivity index (χ4n) is 3.67. The van der Waals surface area contributed by atoms with Crippen LogP contribution in [0.5, 0.6) is 5.75 Å². The smallest absolute Gasteiger partial charge is 0.410 e. The number of methoxy groups -OCH3 is 1. The first-order valence-electron chi connectivity index (χ1n) is 8.41. The number of fused-ring (bicyclic) bond motifs is 1. The number of benzene rings is 1. The van der Waals surface area contributed by atoms with Crippen molar-refractivity contribution >= 4 is 34.6 Å². The van der Waals surface area contributed by atoms with Gasteiger partial charge >= 0.3 is 6.09 Å². The van der Waals surface area contributed by atoms with Gasteiger partial charge in [-0.3, -0.25) is 4.79 Å². The van der Waals surface area contributed by atoms with Crippen LogP contribution in [0.25, 0.3) is 11.0 Å². The van der Waals surface area contributed by atoms with Gasteiger partial charge in [0.15, 0.2) is 17.1 Å². The second-order valence-electron chi connectivity index (χ2n) is 6.84. The van der Waals surface area contributed by atoms with E-state index in [0.29, 0.717) is 48.8 Å². The molecule has 2 amide bonds. The normalized spacial score (nSPS) is 19.3. The minimum atomic E-state index is -0.479. The van der Waals surface area contributed by atoms with Crippen molar-refractivity contribution in [2.45, 2.75) is 18.4 Å². The summed E-state index contributed by atoms with van der Waals surface area (Å²) in [5, 5.41) is 1.23. The highest BCUT2D eigenvalue weighted by molar-refractivity contribution is 6.31. The number of rotatable bonds is 2. The minimum Gasteiger partial charge on any atom is -0.493 e. The van der Waals surface area contributed by atoms with Gasteiger partial charge in [0, 0.05) is 49.5 Å². The molecule has 0 radical (unpaired) electrons. The molecule has 2 aliphatic rings. The Kier molecular flexibility index (Phi) is 3.99. The quantitative estimate of drug-likeness (QED) is 0.802. The minimum absolute atomic E-state index is 0.188. The lowest BCUT2D eigenvalue weighted by molar-refractivity contribution is 0.00236. The third-order valence-corrected chi connectivity index (χ3v) is 5.30. The summed E-state index contributed by atoms with van der Waals surface area (Å²) >= 11 is 6.07. The van der Waals surface area contributed by atoms with Crippen molar-refractivity contribution in [1.82, 2.24) is 9.80 Å². The van der Waals surface area contributed by atoms with Gasteiger partial charge in [0.1, 0.15) is 5.60 Å². The van der Waals surface area contributed by atoms with E-state index < -0.39 is 5.60 Å². The van der Waals surface area contributed by atoms with Crippen molar-refractivity contribution in [2.75, 3.05) is 33.8 Å². The predicted octanol–water partition coefficient (Wildman–Crippen LogP) is 3.15. The Bertz CT molecular complexity index is 885. The van der Waals surface area contributed by atoms with Crippen LogP contribution in [0.4, 0.5) is 4.79 Å². The summed E-state index contributed by atoms with van der Waals surface area (Å²) in [6, 6.07) is 5.07. The van der Waals surface area contributed by atoms with Crippen molar-refractivity contribution in [3.63, 3.8) is 0 Å². The highest BCUT2D eigenvalue weighted by atomic mass is 35.5. The molecule has 3 heterocycles. The molecule has 0 saturated carbocycles. The summed E-state index contributed by atoms with van der Waals surface area (Å²) in [5.41, 5.74) is 0.0211. The van der Waals surface area contributed by atoms with E-state index in [-0.39, 0.29) is 17.8 Å². The lowest BCUT2D eigenvalue weighted by atomic mass is 9.91. The third kappa shape index (κ3) is 2.76. The number of hydrogen-bond donors (Lipinski definition) is 0. The van der Waals surface area contributed by atoms with Gasteiger partial charge in [-0.1, -0.05) is 11.6 Å². The second kappa shape index (κ2) is 6.09. The van der Waals surface area contributed by atoms with E-state index in [0.717, 1.165) is 5.39 Å². The maximum atomic E-state index is 12.8. The van der Waals surface area contributed by atoms with Crippen LogP contribution in [-0.2, 0) is 4.74 Å². The Labute approximate surface area is 155 Å². The largest absolute Gasteiger partial charge is 0.493 e. The molecule has 2 saturated heterocycles. The Morgan fingerprint density at radius 3 is 2.62 bits per heavy atom. The molecule has 26 heavy (non-hydrogen) atoms. The van der Waals surface area contributed by atoms with E-state index in [1.807, 2.05) is 0 Å². The number of amides is 2. The highest BCUT2D eigenvalue weighted by Crippen LogP contribution is 2.35. The highest BCUT2D eigenvalue weighted by Gasteiger charge is 2.46. The van der Waals surface area contributed by atoms with E-state index >= 15 is 0 Å². The molecule has 2 aromatic rings. The predicted molar refractivity (Wildman–Crippen MR) is 94.8 cm³/mol. The molecule has 8 heteroatoms. The SMILES string of the molecule is COc1cc(Cl)cc2cc(C(=O)N3CCC4(CC3)CN(C)C(=O)O4)oc12. The van der Waals surface area contributed by atoms with E-state index in [9.17, 15) is 9.59 Å². The molecule has 1 aromatic carbocycles. The fraction of sp³-hybridized carbons (Fsp3) is 0.444. The van der Waals surface area contributed by atoms with Crippen LogP contribution in [0.2, 0.25) is 5.02 Å². The first-order chi connectivity index (χ1) is 12.4. The van der Waals surface area contributed by atoms with Crippen molar-refractivity contribution < 1.29 is 23.5 Å². The standard InChI is InChI=1S/C18H19ClN2O5/c1-20-10-18(26-17(20)23)3-5-21(6-4-18)16(22)14-8-11-7-12(19)9-13(24-2)15(11)25-14/h7-9H,3-6,10H2,1-2H3. The summed E-state index contributed by atoms with van der Waals surface area (Å²) in [6.07, 6.45) is 0.931. The second-order valence-corrected chi connectivity index (χ2v) is 7.27. The maximum Gasteiger partial charge on any atom is 0.410 e. The van der Waals surface area contributed by atoms with E-state index in [2.05, 4.69) is 0 Å². The molecule has 0 bridgehead atoms. The number of furan rings is 1. The molecule has 2 aliphatic heterocycles. The Morgan fingerprint density at radius 1 is 1.27 bits per heavy atom. The molecule has 4 rings (SSSR count). The number of ether oxygens (including phenoxy) is 2. The van der Waals surface area contributed by atoms with Crippen LogP contribution in [0, 0.1) is 0 Å². The first kappa shape index (κ1) is 17.0. The van der Waals surface area contributed by atoms with Crippen LogP contribution in [-0.4, -0.2) is 61.2 Å². The number of carbonyl (C=O) groups is 2. The van der Waals surface area contributed by atoms with Crippen LogP contribution in [0.1, 0.15) is 23.4 Å². The van der Waals surface area contributed by atoms with Gasteiger partial charge in [-0.2, -0.15) is 0 Å². The summed E-state index contributed by atoms with van der Waals surface area (Å²) in [6.45, 7) is 1.58. The van der Waals surface area contributed by atoms with Crippen LogP contribution < -0.4 is 4.74 Å². The van der Waals surface area contributed by atoms with Gasteiger partial charge in [0.05, 0.1) is 13.7 Å². The lowest BCUT2D eigenvalue weighted by Gasteiger charge is -2.36. The van der Waals surface area contributed by atoms with E-state index in [1.54, 1.807) is 35.0 Å². The number of carbonyl (C=O) groups excluding carboxylic acids is 2. The van der Waals surface area contributed by atoms with Crippen LogP contribution in [0.15, 0.2) is 22.6 Å². The zero-order valence-electron chi connectivity index (χ0n) is 14.6. The van der Waals surface area contributed by atoms with E-state index in [4.69, 9.17) is 25.5 Å². The van der Waals surface area contributed by atoms with Crippen molar-refractivity contribution in [2.24, 2.45) is 0 Å². The Hall–Kier alpha value is -2.41. The number of piperidine rings is 1. The molecule has 7 nitrogen and oxygen atoms in total. The molecular formula is C18H19ClN2O5. The summed E-state index contributed by atoms with van der Waals surface area (Å²) in [5.74, 6) is 0.550. The fourth-order valence-corrected chi connectivity index (χ4v) is 3.89. The average molecular weight is 379 g/mol. The van der Waals surface area contributed by atoms with Crippen LogP contribution in [0.3, 0.4) is 0 Å². The number of likely N-dealkylation sites (N-methyl/N-ethyl adjacent to an activating group) is 1. The number of likely N-dealkylation sites (tertiary alicyclic amines) is 1. The van der Waals surface area contributed by atoms with Gasteiger partial charge in [-0.15, -0.1) is 0 Å². The number of halogens is 1. The molecule has 0 N–H and O–H groups in total. The van der Waals surface area contributed by atoms with E-state index in [1.165, 1.54) is 7.11 Å². The molecule has 138 valence electrons. The molecule has 1 spiro atoms. The first-order valence-corrected chi connectivity index (χ1v) is 8.79. The number of nitrogens with zero attached hydrogens (tertiary/aromatic N) is 2. The topological polar surface area (TPSA) is 72.2 Å². The maximum absolute atomic E-state index is 12.8. The molecule has 0 unspecified atom stereocenters. The third-order valence-electron chi connectivity index (χ3n) is 5.08. The zero-order chi connectivity index (χ0) is 18.5. The average Bonchev–Trinajstić information content (AvgIpc) is 3.15. The van der Waals surface area contributed by atoms with Gasteiger partial charge in [-0.05, 0) is 12.1 Å². The van der Waals surface area contributed by atoms with Crippen molar-refractivity contribution in [3.8, 4) is 5.75 Å². The van der Waals surface area contributed by atoms with Crippen molar-refractivity contribution in [3.05, 3.63) is 29.0 Å².